The molecule has 1 aliphatic carbocycles. The van der Waals surface area contributed by atoms with Gasteiger partial charge in [-0.1, -0.05) is 23.2 Å². The maximum Gasteiger partial charge on any atom is 0.328 e. The van der Waals surface area contributed by atoms with Gasteiger partial charge in [0.1, 0.15) is 0 Å². The van der Waals surface area contributed by atoms with Crippen LogP contribution in [0.1, 0.15) is 11.1 Å². The summed E-state index contributed by atoms with van der Waals surface area (Å²) in [4.78, 5) is 0. The summed E-state index contributed by atoms with van der Waals surface area (Å²) in [6.07, 6.45) is 0. The lowest BCUT2D eigenvalue weighted by molar-refractivity contribution is -0.126. The van der Waals surface area contributed by atoms with Crippen molar-refractivity contribution in [2.75, 3.05) is 0 Å². The molecule has 0 saturated heterocycles. The normalized spacial score (nSPS) is 32.5. The van der Waals surface area contributed by atoms with Gasteiger partial charge >= 0.3 is 11.1 Å². The van der Waals surface area contributed by atoms with E-state index in [4.69, 9.17) is 11.6 Å². The molecule has 0 N–H and O–H groups in total. The van der Waals surface area contributed by atoms with Gasteiger partial charge in [-0.25, -0.2) is 26.3 Å². The molecular formula is C9Cl2F8. The third-order valence-electron chi connectivity index (χ3n) is 2.68. The summed E-state index contributed by atoms with van der Waals surface area (Å²) < 4.78 is 106. The fourth-order valence-electron chi connectivity index (χ4n) is 1.73. The van der Waals surface area contributed by atoms with Gasteiger partial charge in [0.2, 0.25) is 0 Å². The molecule has 0 nitrogen and oxygen atoms in total. The van der Waals surface area contributed by atoms with Crippen LogP contribution in [0.2, 0.25) is 0 Å². The summed E-state index contributed by atoms with van der Waals surface area (Å²) in [5.41, 5.74) is -4.59. The van der Waals surface area contributed by atoms with Crippen LogP contribution in [0.25, 0.3) is 0 Å². The molecule has 0 radical (unpaired) electrons. The van der Waals surface area contributed by atoms with E-state index in [0.29, 0.717) is 0 Å². The van der Waals surface area contributed by atoms with Gasteiger partial charge in [-0.05, 0) is 0 Å². The molecule has 0 aliphatic heterocycles. The molecule has 1 aromatic rings. The van der Waals surface area contributed by atoms with Crippen LogP contribution in [0.5, 0.6) is 0 Å². The van der Waals surface area contributed by atoms with E-state index in [1.54, 1.807) is 0 Å². The fraction of sp³-hybridized carbons (Fsp3) is 0.333. The minimum atomic E-state index is -5.21. The molecule has 0 fully saturated rings. The van der Waals surface area contributed by atoms with Gasteiger partial charge in [0.15, 0.2) is 23.3 Å². The standard InChI is InChI=1S/C9Cl2F8/c10-7(16)1-2(8(17,18)9(7,11)19)4(13)6(15)5(14)3(1)12. The Balaban J connectivity index is 3.02. The molecule has 0 aromatic heterocycles. The lowest BCUT2D eigenvalue weighted by Gasteiger charge is -2.26. The Bertz CT molecular complexity index is 531. The number of rotatable bonds is 0. The minimum absolute atomic E-state index is 2.20. The van der Waals surface area contributed by atoms with Crippen molar-refractivity contribution in [1.82, 2.24) is 0 Å². The highest BCUT2D eigenvalue weighted by Crippen LogP contribution is 2.66. The highest BCUT2D eigenvalue weighted by Gasteiger charge is 2.78. The number of hydrogen-bond acceptors (Lipinski definition) is 0. The van der Waals surface area contributed by atoms with Crippen LogP contribution in [0.3, 0.4) is 0 Å². The van der Waals surface area contributed by atoms with Crippen molar-refractivity contribution in [1.29, 1.82) is 0 Å². The van der Waals surface area contributed by atoms with Crippen LogP contribution in [0.4, 0.5) is 35.1 Å². The van der Waals surface area contributed by atoms with E-state index < -0.39 is 50.6 Å². The first-order chi connectivity index (χ1) is 8.39. The van der Waals surface area contributed by atoms with Gasteiger partial charge < -0.3 is 0 Å². The lowest BCUT2D eigenvalue weighted by Crippen LogP contribution is -2.42. The Morgan fingerprint density at radius 2 is 1.00 bits per heavy atom. The Labute approximate surface area is 109 Å². The zero-order valence-corrected chi connectivity index (χ0v) is 9.79. The van der Waals surface area contributed by atoms with Crippen LogP contribution in [-0.4, -0.2) is 5.13 Å². The Morgan fingerprint density at radius 3 is 1.42 bits per heavy atom. The Kier molecular flexibility index (Phi) is 2.82. The van der Waals surface area contributed by atoms with Crippen molar-refractivity contribution in [2.45, 2.75) is 16.2 Å². The van der Waals surface area contributed by atoms with Crippen molar-refractivity contribution in [3.63, 3.8) is 0 Å². The molecule has 2 atom stereocenters. The molecule has 10 heteroatoms. The minimum Gasteiger partial charge on any atom is -0.215 e. The van der Waals surface area contributed by atoms with E-state index in [1.807, 2.05) is 0 Å². The molecule has 1 aromatic carbocycles. The zero-order chi connectivity index (χ0) is 15.0. The highest BCUT2D eigenvalue weighted by molar-refractivity contribution is 6.34. The van der Waals surface area contributed by atoms with Crippen molar-refractivity contribution < 1.29 is 35.1 Å². The number of fused-ring (bicyclic) bond motifs is 1. The predicted octanol–water partition coefficient (Wildman–Crippen LogP) is 4.61. The van der Waals surface area contributed by atoms with Gasteiger partial charge in [0.05, 0.1) is 11.1 Å². The van der Waals surface area contributed by atoms with Gasteiger partial charge in [-0.3, -0.25) is 0 Å². The topological polar surface area (TPSA) is 0 Å². The van der Waals surface area contributed by atoms with Crippen LogP contribution < -0.4 is 0 Å². The van der Waals surface area contributed by atoms with Crippen molar-refractivity contribution in [3.05, 3.63) is 34.4 Å². The van der Waals surface area contributed by atoms with Gasteiger partial charge in [0, 0.05) is 0 Å². The third-order valence-corrected chi connectivity index (χ3v) is 3.73. The summed E-state index contributed by atoms with van der Waals surface area (Å²) in [5.74, 6) is -15.7. The van der Waals surface area contributed by atoms with E-state index in [-0.39, 0.29) is 0 Å². The second kappa shape index (κ2) is 3.66. The van der Waals surface area contributed by atoms with Gasteiger partial charge in [-0.15, -0.1) is 0 Å². The first-order valence-electron chi connectivity index (χ1n) is 4.39. The molecule has 0 saturated carbocycles. The SMILES string of the molecule is Fc1c(F)c(F)c2c(c1F)C(F)(F)C(F)(Cl)C2(F)Cl. The monoisotopic (exact) mass is 330 g/mol. The average Bonchev–Trinajstić information content (AvgIpc) is 2.39. The second-order valence-electron chi connectivity index (χ2n) is 3.73. The van der Waals surface area contributed by atoms with Crippen LogP contribution in [-0.2, 0) is 11.1 Å². The second-order valence-corrected chi connectivity index (χ2v) is 4.77. The van der Waals surface area contributed by atoms with Crippen LogP contribution in [0.15, 0.2) is 0 Å². The number of hydrogen-bond donors (Lipinski definition) is 0. The van der Waals surface area contributed by atoms with Gasteiger partial charge in [-0.2, -0.15) is 8.78 Å². The predicted molar refractivity (Wildman–Crippen MR) is 48.5 cm³/mol. The number of halogens is 10. The Morgan fingerprint density at radius 1 is 0.632 bits per heavy atom. The molecule has 0 spiro atoms. The van der Waals surface area contributed by atoms with Gasteiger partial charge in [0.25, 0.3) is 5.13 Å². The zero-order valence-electron chi connectivity index (χ0n) is 8.28. The smallest absolute Gasteiger partial charge is 0.215 e. The van der Waals surface area contributed by atoms with Crippen LogP contribution >= 0.6 is 23.2 Å². The summed E-state index contributed by atoms with van der Waals surface area (Å²) in [6.45, 7) is 0. The number of alkyl halides is 6. The molecule has 0 heterocycles. The number of benzene rings is 1. The summed E-state index contributed by atoms with van der Waals surface area (Å²) in [6, 6.07) is 0. The molecule has 1 aliphatic rings. The van der Waals surface area contributed by atoms with E-state index in [2.05, 4.69) is 11.6 Å². The summed E-state index contributed by atoms with van der Waals surface area (Å²) >= 11 is 9.29. The van der Waals surface area contributed by atoms with E-state index in [1.165, 1.54) is 0 Å². The van der Waals surface area contributed by atoms with E-state index in [0.717, 1.165) is 0 Å². The fourth-order valence-corrected chi connectivity index (χ4v) is 2.22. The largest absolute Gasteiger partial charge is 0.328 e. The Hall–Kier alpha value is -0.760. The van der Waals surface area contributed by atoms with E-state index in [9.17, 15) is 35.1 Å². The molecule has 19 heavy (non-hydrogen) atoms. The molecule has 2 rings (SSSR count). The van der Waals surface area contributed by atoms with Crippen molar-refractivity contribution >= 4 is 23.2 Å². The first kappa shape index (κ1) is 14.6. The van der Waals surface area contributed by atoms with Crippen molar-refractivity contribution in [3.8, 4) is 0 Å². The molecule has 106 valence electrons. The molecule has 0 bridgehead atoms. The maximum atomic E-state index is 13.7. The summed E-state index contributed by atoms with van der Waals surface area (Å²) in [7, 11) is 0. The molecule has 0 amide bonds. The summed E-state index contributed by atoms with van der Waals surface area (Å²) in [5, 5.41) is -9.29. The first-order valence-corrected chi connectivity index (χ1v) is 5.15. The quantitative estimate of drug-likeness (QED) is 0.282. The van der Waals surface area contributed by atoms with Crippen molar-refractivity contribution in [2.24, 2.45) is 0 Å². The van der Waals surface area contributed by atoms with Crippen LogP contribution in [0, 0.1) is 23.3 Å². The average molecular weight is 331 g/mol. The molecule has 2 unspecified atom stereocenters. The highest BCUT2D eigenvalue weighted by atomic mass is 35.5. The third kappa shape index (κ3) is 1.41. The van der Waals surface area contributed by atoms with E-state index >= 15 is 0 Å². The lowest BCUT2D eigenvalue weighted by atomic mass is 10.1. The maximum absolute atomic E-state index is 13.7. The molecular weight excluding hydrogens is 331 g/mol.